The first-order valence-corrected chi connectivity index (χ1v) is 5.15. The number of aliphatic hydroxyl groups is 1. The summed E-state index contributed by atoms with van der Waals surface area (Å²) >= 11 is 0. The minimum Gasteiger partial charge on any atom is -0.423 e. The number of aliphatic hydroxyl groups excluding tert-OH is 1. The molecule has 0 unspecified atom stereocenters. The van der Waals surface area contributed by atoms with Crippen molar-refractivity contribution in [3.8, 4) is 0 Å². The molecule has 1 aromatic rings. The van der Waals surface area contributed by atoms with Crippen LogP contribution in [0.4, 0.5) is 0 Å². The van der Waals surface area contributed by atoms with Crippen LogP contribution in [-0.2, 0) is 4.65 Å². The second-order valence-electron chi connectivity index (χ2n) is 3.77. The highest BCUT2D eigenvalue weighted by molar-refractivity contribution is 6.59. The molecular weight excluding hydrogens is 191 g/mol. The molecule has 0 heterocycles. The van der Waals surface area contributed by atoms with Crippen LogP contribution >= 0.6 is 0 Å². The molecule has 4 heteroatoms. The Morgan fingerprint density at radius 1 is 1.40 bits per heavy atom. The van der Waals surface area contributed by atoms with E-state index in [1.54, 1.807) is 0 Å². The summed E-state index contributed by atoms with van der Waals surface area (Å²) in [5.74, 6) is 0.426. The largest absolute Gasteiger partial charge is 0.491 e. The van der Waals surface area contributed by atoms with Gasteiger partial charge in [0.05, 0.1) is 13.2 Å². The molecule has 0 saturated carbocycles. The van der Waals surface area contributed by atoms with Gasteiger partial charge in [0.2, 0.25) is 0 Å². The molecule has 82 valence electrons. The van der Waals surface area contributed by atoms with Crippen molar-refractivity contribution in [1.29, 1.82) is 0 Å². The van der Waals surface area contributed by atoms with Gasteiger partial charge in [-0.3, -0.25) is 0 Å². The van der Waals surface area contributed by atoms with E-state index in [-0.39, 0.29) is 13.2 Å². The van der Waals surface area contributed by atoms with Crippen LogP contribution in [0.1, 0.15) is 25.3 Å². The van der Waals surface area contributed by atoms with E-state index < -0.39 is 7.12 Å². The number of rotatable bonds is 5. The molecule has 1 rings (SSSR count). The van der Waals surface area contributed by atoms with Crippen molar-refractivity contribution >= 4 is 12.6 Å². The number of benzene rings is 1. The summed E-state index contributed by atoms with van der Waals surface area (Å²) in [6, 6.07) is 7.66. The van der Waals surface area contributed by atoms with E-state index in [0.29, 0.717) is 5.92 Å². The van der Waals surface area contributed by atoms with Crippen molar-refractivity contribution in [3.63, 3.8) is 0 Å². The van der Waals surface area contributed by atoms with Gasteiger partial charge in [-0.25, -0.2) is 0 Å². The van der Waals surface area contributed by atoms with Gasteiger partial charge in [0.25, 0.3) is 0 Å². The standard InChI is InChI=1S/C11H17BO3/c1-9(2)10-4-3-5-11(8-10)12(14)15-7-6-13/h3-5,8-9,13-14H,6-7H2,1-2H3. The molecule has 1 aromatic carbocycles. The Bertz CT molecular complexity index is 302. The summed E-state index contributed by atoms with van der Waals surface area (Å²) in [5.41, 5.74) is 1.90. The third-order valence-electron chi connectivity index (χ3n) is 2.23. The van der Waals surface area contributed by atoms with E-state index in [0.717, 1.165) is 5.46 Å². The van der Waals surface area contributed by atoms with Crippen LogP contribution in [0.2, 0.25) is 0 Å². The third kappa shape index (κ3) is 3.66. The molecule has 0 fully saturated rings. The first kappa shape index (κ1) is 12.2. The molecular formula is C11H17BO3. The van der Waals surface area contributed by atoms with Crippen LogP contribution in [0.25, 0.3) is 0 Å². The Balaban J connectivity index is 2.71. The van der Waals surface area contributed by atoms with Gasteiger partial charge in [0.15, 0.2) is 0 Å². The highest BCUT2D eigenvalue weighted by atomic mass is 16.5. The third-order valence-corrected chi connectivity index (χ3v) is 2.23. The van der Waals surface area contributed by atoms with Gasteiger partial charge >= 0.3 is 7.12 Å². The highest BCUT2D eigenvalue weighted by Crippen LogP contribution is 2.11. The van der Waals surface area contributed by atoms with Crippen molar-refractivity contribution in [1.82, 2.24) is 0 Å². The monoisotopic (exact) mass is 208 g/mol. The van der Waals surface area contributed by atoms with Crippen LogP contribution in [0.15, 0.2) is 24.3 Å². The number of hydrogen-bond donors (Lipinski definition) is 2. The minimum atomic E-state index is -0.948. The molecule has 0 aliphatic rings. The van der Waals surface area contributed by atoms with E-state index in [9.17, 15) is 5.02 Å². The van der Waals surface area contributed by atoms with Gasteiger partial charge in [-0.15, -0.1) is 0 Å². The average molecular weight is 208 g/mol. The number of hydrogen-bond acceptors (Lipinski definition) is 3. The Hall–Kier alpha value is -0.835. The van der Waals surface area contributed by atoms with E-state index in [2.05, 4.69) is 13.8 Å². The predicted octanol–water partition coefficient (Wildman–Crippen LogP) is 0.506. The first-order valence-electron chi connectivity index (χ1n) is 5.15. The summed E-state index contributed by atoms with van der Waals surface area (Å²) in [5, 5.41) is 18.2. The summed E-state index contributed by atoms with van der Waals surface area (Å²) in [4.78, 5) is 0. The maximum absolute atomic E-state index is 9.62. The van der Waals surface area contributed by atoms with Crippen LogP contribution < -0.4 is 5.46 Å². The molecule has 15 heavy (non-hydrogen) atoms. The van der Waals surface area contributed by atoms with Gasteiger partial charge in [-0.05, 0) is 16.9 Å². The fourth-order valence-electron chi connectivity index (χ4n) is 1.33. The molecule has 0 bridgehead atoms. The van der Waals surface area contributed by atoms with Crippen LogP contribution in [0.5, 0.6) is 0 Å². The summed E-state index contributed by atoms with van der Waals surface area (Å²) in [6.45, 7) is 4.26. The average Bonchev–Trinajstić information content (AvgIpc) is 2.26. The Kier molecular flexibility index (Phi) is 4.82. The van der Waals surface area contributed by atoms with Crippen molar-refractivity contribution in [3.05, 3.63) is 29.8 Å². The molecule has 0 spiro atoms. The fraction of sp³-hybridized carbons (Fsp3) is 0.455. The lowest BCUT2D eigenvalue weighted by atomic mass is 9.78. The zero-order valence-electron chi connectivity index (χ0n) is 9.18. The van der Waals surface area contributed by atoms with E-state index >= 15 is 0 Å². The Morgan fingerprint density at radius 2 is 2.13 bits per heavy atom. The van der Waals surface area contributed by atoms with E-state index in [1.807, 2.05) is 24.3 Å². The lowest BCUT2D eigenvalue weighted by Crippen LogP contribution is -2.34. The van der Waals surface area contributed by atoms with Gasteiger partial charge in [0, 0.05) is 0 Å². The molecule has 3 nitrogen and oxygen atoms in total. The normalized spacial score (nSPS) is 10.7. The first-order chi connectivity index (χ1) is 7.15. The second kappa shape index (κ2) is 5.90. The molecule has 0 aliphatic heterocycles. The molecule has 2 N–H and O–H groups in total. The van der Waals surface area contributed by atoms with Crippen molar-refractivity contribution < 1.29 is 14.8 Å². The molecule has 0 aromatic heterocycles. The zero-order chi connectivity index (χ0) is 11.3. The maximum Gasteiger partial charge on any atom is 0.491 e. The van der Waals surface area contributed by atoms with Crippen LogP contribution in [-0.4, -0.2) is 30.5 Å². The van der Waals surface area contributed by atoms with Gasteiger partial charge in [-0.2, -0.15) is 0 Å². The summed E-state index contributed by atoms with van der Waals surface area (Å²) in [6.07, 6.45) is 0. The lowest BCUT2D eigenvalue weighted by Gasteiger charge is -2.10. The maximum atomic E-state index is 9.62. The lowest BCUT2D eigenvalue weighted by molar-refractivity contribution is 0.183. The summed E-state index contributed by atoms with van der Waals surface area (Å²) < 4.78 is 5.02. The Labute approximate surface area is 90.9 Å². The van der Waals surface area contributed by atoms with Crippen molar-refractivity contribution in [2.75, 3.05) is 13.2 Å². The SMILES string of the molecule is CC(C)c1cccc(B(O)OCCO)c1. The van der Waals surface area contributed by atoms with E-state index in [1.165, 1.54) is 5.56 Å². The second-order valence-corrected chi connectivity index (χ2v) is 3.77. The van der Waals surface area contributed by atoms with Gasteiger partial charge in [-0.1, -0.05) is 38.1 Å². The fourth-order valence-corrected chi connectivity index (χ4v) is 1.33. The topological polar surface area (TPSA) is 49.7 Å². The van der Waals surface area contributed by atoms with Crippen molar-refractivity contribution in [2.24, 2.45) is 0 Å². The smallest absolute Gasteiger partial charge is 0.423 e. The molecule has 0 atom stereocenters. The molecule has 0 amide bonds. The van der Waals surface area contributed by atoms with Gasteiger partial charge in [0.1, 0.15) is 0 Å². The minimum absolute atomic E-state index is 0.0824. The summed E-state index contributed by atoms with van der Waals surface area (Å²) in [7, 11) is -0.948. The highest BCUT2D eigenvalue weighted by Gasteiger charge is 2.16. The van der Waals surface area contributed by atoms with E-state index in [4.69, 9.17) is 9.76 Å². The molecule has 0 saturated heterocycles. The molecule has 0 aliphatic carbocycles. The van der Waals surface area contributed by atoms with Gasteiger partial charge < -0.3 is 14.8 Å². The zero-order valence-corrected chi connectivity index (χ0v) is 9.18. The van der Waals surface area contributed by atoms with Crippen molar-refractivity contribution in [2.45, 2.75) is 19.8 Å². The quantitative estimate of drug-likeness (QED) is 0.693. The van der Waals surface area contributed by atoms with Crippen LogP contribution in [0, 0.1) is 0 Å². The van der Waals surface area contributed by atoms with Crippen LogP contribution in [0.3, 0.4) is 0 Å². The predicted molar refractivity (Wildman–Crippen MR) is 61.2 cm³/mol. The Morgan fingerprint density at radius 3 is 2.73 bits per heavy atom. The molecule has 0 radical (unpaired) electrons.